The van der Waals surface area contributed by atoms with Crippen LogP contribution in [0.15, 0.2) is 65.7 Å². The van der Waals surface area contributed by atoms with Gasteiger partial charge in [-0.05, 0) is 29.7 Å². The molecule has 6 nitrogen and oxygen atoms in total. The van der Waals surface area contributed by atoms with E-state index in [1.165, 1.54) is 0 Å². The summed E-state index contributed by atoms with van der Waals surface area (Å²) < 4.78 is 9.16. The highest BCUT2D eigenvalue weighted by Crippen LogP contribution is 2.28. The van der Waals surface area contributed by atoms with E-state index in [4.69, 9.17) is 21.3 Å². The summed E-state index contributed by atoms with van der Waals surface area (Å²) in [6, 6.07) is 15.0. The second-order valence-corrected chi connectivity index (χ2v) is 8.32. The van der Waals surface area contributed by atoms with Gasteiger partial charge in [0, 0.05) is 24.5 Å². The van der Waals surface area contributed by atoms with Crippen LogP contribution >= 0.6 is 11.6 Å². The Labute approximate surface area is 186 Å². The second kappa shape index (κ2) is 9.04. The first kappa shape index (κ1) is 21.3. The van der Waals surface area contributed by atoms with Crippen molar-refractivity contribution < 1.29 is 4.74 Å². The zero-order valence-corrected chi connectivity index (χ0v) is 18.6. The third-order valence-electron chi connectivity index (χ3n) is 5.35. The van der Waals surface area contributed by atoms with Gasteiger partial charge >= 0.3 is 0 Å². The van der Waals surface area contributed by atoms with Crippen molar-refractivity contribution in [2.75, 3.05) is 7.11 Å². The van der Waals surface area contributed by atoms with Crippen LogP contribution in [0.3, 0.4) is 0 Å². The maximum absolute atomic E-state index is 13.6. The Morgan fingerprint density at radius 2 is 1.90 bits per heavy atom. The number of hydrogen-bond donors (Lipinski definition) is 0. The van der Waals surface area contributed by atoms with Crippen molar-refractivity contribution in [2.45, 2.75) is 33.0 Å². The zero-order valence-electron chi connectivity index (χ0n) is 17.8. The molecule has 2 heterocycles. The van der Waals surface area contributed by atoms with Crippen molar-refractivity contribution in [3.8, 4) is 0 Å². The molecule has 0 aliphatic heterocycles. The highest BCUT2D eigenvalue weighted by Gasteiger charge is 2.26. The van der Waals surface area contributed by atoms with E-state index in [2.05, 4.69) is 18.8 Å². The fourth-order valence-electron chi connectivity index (χ4n) is 3.94. The summed E-state index contributed by atoms with van der Waals surface area (Å²) in [5.74, 6) is 1.61. The molecule has 0 N–H and O–H groups in total. The number of benzene rings is 2. The SMILES string of the molecule is COCc1nccn1C(c1nc2cc(Cl)ccc2c(=O)n1Cc1ccccc1)C(C)C. The van der Waals surface area contributed by atoms with Gasteiger partial charge in [-0.3, -0.25) is 9.36 Å². The standard InChI is InChI=1S/C24H25ClN4O2/c1-16(2)22(28-12-11-26-21(28)15-31-3)23-27-20-13-18(25)9-10-19(20)24(30)29(23)14-17-7-5-4-6-8-17/h4-13,16,22H,14-15H2,1-3H3. The van der Waals surface area contributed by atoms with E-state index in [-0.39, 0.29) is 17.5 Å². The van der Waals surface area contributed by atoms with Gasteiger partial charge in [0.25, 0.3) is 5.56 Å². The molecule has 1 unspecified atom stereocenters. The van der Waals surface area contributed by atoms with Gasteiger partial charge in [-0.2, -0.15) is 0 Å². The summed E-state index contributed by atoms with van der Waals surface area (Å²) in [4.78, 5) is 23.0. The lowest BCUT2D eigenvalue weighted by Crippen LogP contribution is -2.32. The summed E-state index contributed by atoms with van der Waals surface area (Å²) in [7, 11) is 1.64. The van der Waals surface area contributed by atoms with Gasteiger partial charge in [-0.1, -0.05) is 55.8 Å². The van der Waals surface area contributed by atoms with Gasteiger partial charge in [-0.15, -0.1) is 0 Å². The van der Waals surface area contributed by atoms with Crippen LogP contribution in [0.5, 0.6) is 0 Å². The van der Waals surface area contributed by atoms with Crippen LogP contribution in [0, 0.1) is 5.92 Å². The fraction of sp³-hybridized carbons (Fsp3) is 0.292. The Bertz CT molecular complexity index is 1250. The molecule has 160 valence electrons. The third kappa shape index (κ3) is 4.27. The molecule has 0 spiro atoms. The molecule has 0 aliphatic rings. The lowest BCUT2D eigenvalue weighted by atomic mass is 10.0. The first-order valence-electron chi connectivity index (χ1n) is 10.2. The van der Waals surface area contributed by atoms with E-state index in [1.807, 2.05) is 41.1 Å². The minimum atomic E-state index is -0.201. The summed E-state index contributed by atoms with van der Waals surface area (Å²) in [6.07, 6.45) is 3.67. The third-order valence-corrected chi connectivity index (χ3v) is 5.58. The van der Waals surface area contributed by atoms with Crippen LogP contribution in [0.25, 0.3) is 10.9 Å². The summed E-state index contributed by atoms with van der Waals surface area (Å²) in [5.41, 5.74) is 1.54. The van der Waals surface area contributed by atoms with Gasteiger partial charge in [0.05, 0.1) is 23.5 Å². The first-order chi connectivity index (χ1) is 15.0. The monoisotopic (exact) mass is 436 g/mol. The molecule has 7 heteroatoms. The van der Waals surface area contributed by atoms with Crippen LogP contribution in [0.2, 0.25) is 5.02 Å². The Balaban J connectivity index is 1.98. The number of nitrogens with zero attached hydrogens (tertiary/aromatic N) is 4. The number of methoxy groups -OCH3 is 1. The largest absolute Gasteiger partial charge is 0.377 e. The molecule has 2 aromatic carbocycles. The maximum Gasteiger partial charge on any atom is 0.261 e. The number of halogens is 1. The molecule has 0 amide bonds. The van der Waals surface area contributed by atoms with Gasteiger partial charge in [0.15, 0.2) is 0 Å². The fourth-order valence-corrected chi connectivity index (χ4v) is 4.10. The van der Waals surface area contributed by atoms with Gasteiger partial charge in [-0.25, -0.2) is 9.97 Å². The topological polar surface area (TPSA) is 61.9 Å². The Kier molecular flexibility index (Phi) is 6.20. The highest BCUT2D eigenvalue weighted by atomic mass is 35.5. The summed E-state index contributed by atoms with van der Waals surface area (Å²) in [6.45, 7) is 5.03. The minimum absolute atomic E-state index is 0.0837. The highest BCUT2D eigenvalue weighted by molar-refractivity contribution is 6.31. The number of imidazole rings is 1. The first-order valence-corrected chi connectivity index (χ1v) is 10.6. The number of ether oxygens (including phenoxy) is 1. The van der Waals surface area contributed by atoms with Crippen molar-refractivity contribution >= 4 is 22.5 Å². The van der Waals surface area contributed by atoms with Crippen molar-refractivity contribution in [1.82, 2.24) is 19.1 Å². The van der Waals surface area contributed by atoms with Crippen LogP contribution in [-0.4, -0.2) is 26.2 Å². The Morgan fingerprint density at radius 1 is 1.13 bits per heavy atom. The summed E-state index contributed by atoms with van der Waals surface area (Å²) >= 11 is 6.22. The quantitative estimate of drug-likeness (QED) is 0.421. The lowest BCUT2D eigenvalue weighted by molar-refractivity contribution is 0.171. The second-order valence-electron chi connectivity index (χ2n) is 7.88. The van der Waals surface area contributed by atoms with Crippen molar-refractivity contribution in [2.24, 2.45) is 5.92 Å². The van der Waals surface area contributed by atoms with E-state index >= 15 is 0 Å². The zero-order chi connectivity index (χ0) is 22.0. The number of aromatic nitrogens is 4. The molecule has 0 saturated heterocycles. The van der Waals surface area contributed by atoms with Crippen molar-refractivity contribution in [3.63, 3.8) is 0 Å². The average Bonchev–Trinajstić information content (AvgIpc) is 3.19. The molecular weight excluding hydrogens is 412 g/mol. The van der Waals surface area contributed by atoms with Crippen LogP contribution in [0.4, 0.5) is 0 Å². The molecule has 31 heavy (non-hydrogen) atoms. The normalized spacial score (nSPS) is 12.5. The minimum Gasteiger partial charge on any atom is -0.377 e. The predicted octanol–water partition coefficient (Wildman–Crippen LogP) is 4.69. The molecular formula is C24H25ClN4O2. The van der Waals surface area contributed by atoms with Gasteiger partial charge < -0.3 is 9.30 Å². The molecule has 4 aromatic rings. The molecule has 0 saturated carbocycles. The smallest absolute Gasteiger partial charge is 0.261 e. The Morgan fingerprint density at radius 3 is 2.61 bits per heavy atom. The van der Waals surface area contributed by atoms with E-state index < -0.39 is 0 Å². The molecule has 0 bridgehead atoms. The molecule has 2 aromatic heterocycles. The number of rotatable bonds is 7. The van der Waals surface area contributed by atoms with Crippen molar-refractivity contribution in [3.05, 3.63) is 93.5 Å². The molecule has 4 rings (SSSR count). The van der Waals surface area contributed by atoms with Gasteiger partial charge in [0.1, 0.15) is 18.3 Å². The predicted molar refractivity (Wildman–Crippen MR) is 122 cm³/mol. The summed E-state index contributed by atoms with van der Waals surface area (Å²) in [5, 5.41) is 1.10. The van der Waals surface area contributed by atoms with Crippen LogP contribution in [0.1, 0.15) is 37.1 Å². The molecule has 1 atom stereocenters. The molecule has 0 fully saturated rings. The average molecular weight is 437 g/mol. The molecule has 0 radical (unpaired) electrons. The van der Waals surface area contributed by atoms with E-state index in [0.29, 0.717) is 34.9 Å². The van der Waals surface area contributed by atoms with Crippen LogP contribution in [-0.2, 0) is 17.9 Å². The van der Waals surface area contributed by atoms with E-state index in [0.717, 1.165) is 11.4 Å². The molecule has 0 aliphatic carbocycles. The van der Waals surface area contributed by atoms with E-state index in [1.54, 1.807) is 36.1 Å². The number of hydrogen-bond acceptors (Lipinski definition) is 4. The van der Waals surface area contributed by atoms with Crippen LogP contribution < -0.4 is 5.56 Å². The number of fused-ring (bicyclic) bond motifs is 1. The van der Waals surface area contributed by atoms with E-state index in [9.17, 15) is 4.79 Å². The van der Waals surface area contributed by atoms with Gasteiger partial charge in [0.2, 0.25) is 0 Å². The lowest BCUT2D eigenvalue weighted by Gasteiger charge is -2.27. The Hall–Kier alpha value is -2.96. The van der Waals surface area contributed by atoms with Crippen molar-refractivity contribution in [1.29, 1.82) is 0 Å². The maximum atomic E-state index is 13.6.